The Morgan fingerprint density at radius 2 is 1.95 bits per heavy atom. The van der Waals surface area contributed by atoms with E-state index in [2.05, 4.69) is 10.6 Å². The molecule has 1 atom stereocenters. The van der Waals surface area contributed by atoms with Crippen molar-refractivity contribution in [3.63, 3.8) is 0 Å². The fourth-order valence-corrected chi connectivity index (χ4v) is 3.14. The van der Waals surface area contributed by atoms with Crippen molar-refractivity contribution in [1.82, 2.24) is 10.6 Å². The second-order valence-electron chi connectivity index (χ2n) is 5.31. The fraction of sp³-hybridized carbons (Fsp3) is 0.571. The minimum absolute atomic E-state index is 0.118. The summed E-state index contributed by atoms with van der Waals surface area (Å²) in [4.78, 5) is 0. The minimum Gasteiger partial charge on any atom is -0.315 e. The normalized spacial score (nSPS) is 20.4. The van der Waals surface area contributed by atoms with Crippen molar-refractivity contribution in [3.05, 3.63) is 35.4 Å². The average molecular weight is 282 g/mol. The molecule has 0 radical (unpaired) electrons. The lowest BCUT2D eigenvalue weighted by Crippen LogP contribution is -2.42. The second kappa shape index (κ2) is 6.50. The quantitative estimate of drug-likeness (QED) is 0.848. The van der Waals surface area contributed by atoms with E-state index >= 15 is 0 Å². The lowest BCUT2D eigenvalue weighted by molar-refractivity contribution is 0.389. The van der Waals surface area contributed by atoms with Gasteiger partial charge in [-0.1, -0.05) is 24.3 Å². The van der Waals surface area contributed by atoms with E-state index in [4.69, 9.17) is 0 Å². The lowest BCUT2D eigenvalue weighted by Gasteiger charge is -2.23. The molecule has 1 fully saturated rings. The average Bonchev–Trinajstić information content (AvgIpc) is 2.37. The molecule has 0 aromatic heterocycles. The largest absolute Gasteiger partial charge is 0.315 e. The van der Waals surface area contributed by atoms with E-state index in [1.165, 1.54) is 24.7 Å². The summed E-state index contributed by atoms with van der Waals surface area (Å²) in [6.07, 6.45) is 3.71. The summed E-state index contributed by atoms with van der Waals surface area (Å²) in [5.41, 5.74) is 2.05. The van der Waals surface area contributed by atoms with Crippen molar-refractivity contribution in [1.29, 1.82) is 0 Å². The summed E-state index contributed by atoms with van der Waals surface area (Å²) >= 11 is 0. The number of sulfone groups is 1. The molecule has 1 unspecified atom stereocenters. The number of rotatable bonds is 5. The highest BCUT2D eigenvalue weighted by molar-refractivity contribution is 7.89. The molecule has 2 rings (SSSR count). The van der Waals surface area contributed by atoms with Gasteiger partial charge >= 0.3 is 0 Å². The van der Waals surface area contributed by atoms with Crippen LogP contribution in [0.2, 0.25) is 0 Å². The molecular formula is C14H22N2O2S. The zero-order valence-electron chi connectivity index (χ0n) is 11.4. The Labute approximate surface area is 115 Å². The summed E-state index contributed by atoms with van der Waals surface area (Å²) in [5, 5.41) is 6.90. The van der Waals surface area contributed by atoms with Gasteiger partial charge in [-0.05, 0) is 30.5 Å². The Bertz CT molecular complexity index is 491. The van der Waals surface area contributed by atoms with E-state index in [0.29, 0.717) is 6.04 Å². The van der Waals surface area contributed by atoms with Crippen molar-refractivity contribution < 1.29 is 8.42 Å². The maximum Gasteiger partial charge on any atom is 0.151 e. The van der Waals surface area contributed by atoms with Crippen LogP contribution in [0.15, 0.2) is 24.3 Å². The van der Waals surface area contributed by atoms with Gasteiger partial charge in [-0.2, -0.15) is 0 Å². The zero-order chi connectivity index (χ0) is 13.7. The molecule has 1 saturated heterocycles. The molecule has 0 bridgehead atoms. The molecule has 2 N–H and O–H groups in total. The topological polar surface area (TPSA) is 58.2 Å². The van der Waals surface area contributed by atoms with E-state index in [1.54, 1.807) is 0 Å². The first-order valence-corrected chi connectivity index (χ1v) is 8.79. The van der Waals surface area contributed by atoms with Gasteiger partial charge in [0.2, 0.25) is 0 Å². The first-order chi connectivity index (χ1) is 9.03. The van der Waals surface area contributed by atoms with Gasteiger partial charge in [0.25, 0.3) is 0 Å². The number of hydrogen-bond acceptors (Lipinski definition) is 4. The number of hydrogen-bond donors (Lipinski definition) is 2. The van der Waals surface area contributed by atoms with Gasteiger partial charge in [-0.25, -0.2) is 8.42 Å². The van der Waals surface area contributed by atoms with Gasteiger partial charge in [0.15, 0.2) is 9.84 Å². The maximum atomic E-state index is 11.2. The summed E-state index contributed by atoms with van der Waals surface area (Å²) in [6.45, 7) is 3.00. The van der Waals surface area contributed by atoms with Crippen molar-refractivity contribution in [2.24, 2.45) is 0 Å². The first kappa shape index (κ1) is 14.5. The van der Waals surface area contributed by atoms with Crippen LogP contribution in [0.4, 0.5) is 0 Å². The van der Waals surface area contributed by atoms with Gasteiger partial charge < -0.3 is 10.6 Å². The van der Waals surface area contributed by atoms with Crippen LogP contribution in [-0.4, -0.2) is 33.8 Å². The molecule has 1 aromatic carbocycles. The van der Waals surface area contributed by atoms with Gasteiger partial charge in [0.05, 0.1) is 5.75 Å². The van der Waals surface area contributed by atoms with Crippen molar-refractivity contribution in [2.75, 3.05) is 19.3 Å². The molecule has 4 nitrogen and oxygen atoms in total. The predicted molar refractivity (Wildman–Crippen MR) is 77.7 cm³/mol. The molecule has 1 aliphatic rings. The van der Waals surface area contributed by atoms with E-state index in [-0.39, 0.29) is 5.75 Å². The zero-order valence-corrected chi connectivity index (χ0v) is 12.2. The van der Waals surface area contributed by atoms with Gasteiger partial charge in [0.1, 0.15) is 0 Å². The summed E-state index contributed by atoms with van der Waals surface area (Å²) in [6, 6.07) is 8.35. The van der Waals surface area contributed by atoms with E-state index in [1.807, 2.05) is 24.3 Å². The molecule has 5 heteroatoms. The molecule has 0 amide bonds. The number of benzene rings is 1. The van der Waals surface area contributed by atoms with E-state index < -0.39 is 9.84 Å². The van der Waals surface area contributed by atoms with Crippen LogP contribution in [0.3, 0.4) is 0 Å². The van der Waals surface area contributed by atoms with Crippen LogP contribution in [0.25, 0.3) is 0 Å². The lowest BCUT2D eigenvalue weighted by atomic mass is 10.1. The monoisotopic (exact) mass is 282 g/mol. The molecular weight excluding hydrogens is 260 g/mol. The highest BCUT2D eigenvalue weighted by Gasteiger charge is 2.11. The Hall–Kier alpha value is -0.910. The van der Waals surface area contributed by atoms with Crippen LogP contribution in [0.1, 0.15) is 24.0 Å². The SMILES string of the molecule is CS(=O)(=O)Cc1ccc(CNC2CCCNC2)cc1. The van der Waals surface area contributed by atoms with Crippen LogP contribution in [0.5, 0.6) is 0 Å². The third kappa shape index (κ3) is 5.30. The van der Waals surface area contributed by atoms with Gasteiger partial charge in [0, 0.05) is 25.4 Å². The Kier molecular flexibility index (Phi) is 4.96. The maximum absolute atomic E-state index is 11.2. The summed E-state index contributed by atoms with van der Waals surface area (Å²) < 4.78 is 22.4. The number of piperidine rings is 1. The third-order valence-corrected chi connectivity index (χ3v) is 4.20. The van der Waals surface area contributed by atoms with E-state index in [9.17, 15) is 8.42 Å². The Balaban J connectivity index is 1.84. The van der Waals surface area contributed by atoms with Crippen molar-refractivity contribution in [2.45, 2.75) is 31.2 Å². The molecule has 0 aliphatic carbocycles. The van der Waals surface area contributed by atoms with Crippen LogP contribution in [-0.2, 0) is 22.1 Å². The summed E-state index contributed by atoms with van der Waals surface area (Å²) in [7, 11) is -2.94. The standard InChI is InChI=1S/C14H22N2O2S/c1-19(17,18)11-13-6-4-12(5-7-13)9-16-14-3-2-8-15-10-14/h4-7,14-16H,2-3,8-11H2,1H3. The fourth-order valence-electron chi connectivity index (χ4n) is 2.34. The molecule has 19 heavy (non-hydrogen) atoms. The molecule has 1 aromatic rings. The highest BCUT2D eigenvalue weighted by Crippen LogP contribution is 2.09. The van der Waals surface area contributed by atoms with Gasteiger partial charge in [-0.3, -0.25) is 0 Å². The van der Waals surface area contributed by atoms with Crippen molar-refractivity contribution >= 4 is 9.84 Å². The van der Waals surface area contributed by atoms with Crippen LogP contribution < -0.4 is 10.6 Å². The first-order valence-electron chi connectivity index (χ1n) is 6.72. The van der Waals surface area contributed by atoms with Gasteiger partial charge in [-0.15, -0.1) is 0 Å². The molecule has 106 valence electrons. The molecule has 0 spiro atoms. The summed E-state index contributed by atoms with van der Waals surface area (Å²) in [5.74, 6) is 0.118. The van der Waals surface area contributed by atoms with E-state index in [0.717, 1.165) is 25.2 Å². The third-order valence-electron chi connectivity index (χ3n) is 3.34. The minimum atomic E-state index is -2.94. The smallest absolute Gasteiger partial charge is 0.151 e. The number of nitrogens with one attached hydrogen (secondary N) is 2. The second-order valence-corrected chi connectivity index (χ2v) is 7.45. The molecule has 1 aliphatic heterocycles. The van der Waals surface area contributed by atoms with Crippen LogP contribution in [0, 0.1) is 0 Å². The molecule has 0 saturated carbocycles. The Morgan fingerprint density at radius 1 is 1.26 bits per heavy atom. The molecule has 1 heterocycles. The van der Waals surface area contributed by atoms with Crippen LogP contribution >= 0.6 is 0 Å². The predicted octanol–water partition coefficient (Wildman–Crippen LogP) is 1.07. The van der Waals surface area contributed by atoms with Crippen molar-refractivity contribution in [3.8, 4) is 0 Å². The highest BCUT2D eigenvalue weighted by atomic mass is 32.2. The Morgan fingerprint density at radius 3 is 2.53 bits per heavy atom.